The van der Waals surface area contributed by atoms with Gasteiger partial charge in [-0.25, -0.2) is 4.79 Å². The molecule has 2 heterocycles. The summed E-state index contributed by atoms with van der Waals surface area (Å²) in [6.07, 6.45) is -10.9. The molecule has 0 bridgehead atoms. The SMILES string of the molecule is Nc1ccn([C@]2(C(F)(F)F)O[C@H](CO)[C@@H](O)[C@H]2O)c(=O)n1. The molecule has 4 atom stereocenters. The number of hydrogen-bond donors (Lipinski definition) is 4. The lowest BCUT2D eigenvalue weighted by atomic mass is 10.0. The van der Waals surface area contributed by atoms with Gasteiger partial charge in [-0.3, -0.25) is 4.57 Å². The van der Waals surface area contributed by atoms with Gasteiger partial charge in [0.05, 0.1) is 6.61 Å². The largest absolute Gasteiger partial charge is 0.440 e. The van der Waals surface area contributed by atoms with Crippen molar-refractivity contribution < 1.29 is 33.2 Å². The van der Waals surface area contributed by atoms with Crippen LogP contribution in [0.2, 0.25) is 0 Å². The van der Waals surface area contributed by atoms with E-state index in [0.717, 1.165) is 6.07 Å². The second-order valence-electron chi connectivity index (χ2n) is 4.47. The molecule has 0 amide bonds. The molecule has 2 rings (SSSR count). The number of nitrogens with zero attached hydrogens (tertiary/aromatic N) is 2. The predicted octanol–water partition coefficient (Wildman–Crippen LogP) is -1.85. The first-order chi connectivity index (χ1) is 9.65. The van der Waals surface area contributed by atoms with Crippen LogP contribution >= 0.6 is 0 Å². The number of aliphatic hydroxyl groups excluding tert-OH is 3. The van der Waals surface area contributed by atoms with Gasteiger partial charge in [0.1, 0.15) is 24.1 Å². The molecule has 21 heavy (non-hydrogen) atoms. The summed E-state index contributed by atoms with van der Waals surface area (Å²) >= 11 is 0. The first kappa shape index (κ1) is 15.7. The maximum Gasteiger partial charge on any atom is 0.440 e. The Bertz CT molecular complexity index is 592. The fraction of sp³-hybridized carbons (Fsp3) is 0.600. The van der Waals surface area contributed by atoms with E-state index in [4.69, 9.17) is 10.8 Å². The van der Waals surface area contributed by atoms with Gasteiger partial charge in [0.2, 0.25) is 0 Å². The van der Waals surface area contributed by atoms with Crippen molar-refractivity contribution in [3.05, 3.63) is 22.7 Å². The number of nitrogen functional groups attached to an aromatic ring is 1. The molecular weight excluding hydrogens is 299 g/mol. The van der Waals surface area contributed by atoms with E-state index in [1.54, 1.807) is 0 Å². The Morgan fingerprint density at radius 3 is 2.52 bits per heavy atom. The molecular formula is C10H12F3N3O5. The quantitative estimate of drug-likeness (QED) is 0.504. The molecule has 0 aliphatic carbocycles. The lowest BCUT2D eigenvalue weighted by Crippen LogP contribution is -2.59. The molecule has 0 unspecified atom stereocenters. The van der Waals surface area contributed by atoms with E-state index >= 15 is 0 Å². The first-order valence-corrected chi connectivity index (χ1v) is 5.72. The molecule has 0 aromatic carbocycles. The number of alkyl halides is 3. The van der Waals surface area contributed by atoms with Crippen LogP contribution in [0.15, 0.2) is 17.1 Å². The molecule has 8 nitrogen and oxygen atoms in total. The van der Waals surface area contributed by atoms with Crippen molar-refractivity contribution in [1.29, 1.82) is 0 Å². The second-order valence-corrected chi connectivity index (χ2v) is 4.47. The van der Waals surface area contributed by atoms with Crippen LogP contribution in [-0.4, -0.2) is 56.0 Å². The number of aromatic nitrogens is 2. The Labute approximate surface area is 115 Å². The van der Waals surface area contributed by atoms with Gasteiger partial charge in [-0.1, -0.05) is 0 Å². The van der Waals surface area contributed by atoms with E-state index in [2.05, 4.69) is 9.72 Å². The molecule has 5 N–H and O–H groups in total. The molecule has 1 aliphatic rings. The van der Waals surface area contributed by atoms with Crippen molar-refractivity contribution in [2.24, 2.45) is 0 Å². The summed E-state index contributed by atoms with van der Waals surface area (Å²) in [5.41, 5.74) is 0.218. The van der Waals surface area contributed by atoms with Crippen LogP contribution in [0, 0.1) is 0 Å². The number of rotatable bonds is 2. The molecule has 0 saturated carbocycles. The summed E-state index contributed by atoms with van der Waals surface area (Å²) in [6, 6.07) is 0.906. The highest BCUT2D eigenvalue weighted by Gasteiger charge is 2.70. The molecule has 1 fully saturated rings. The average Bonchev–Trinajstić information content (AvgIpc) is 2.63. The maximum absolute atomic E-state index is 13.4. The van der Waals surface area contributed by atoms with E-state index in [-0.39, 0.29) is 10.4 Å². The van der Waals surface area contributed by atoms with Crippen LogP contribution < -0.4 is 11.4 Å². The Balaban J connectivity index is 2.68. The highest BCUT2D eigenvalue weighted by molar-refractivity contribution is 5.24. The Kier molecular flexibility index (Phi) is 3.70. The van der Waals surface area contributed by atoms with Gasteiger partial charge in [-0.15, -0.1) is 0 Å². The first-order valence-electron chi connectivity index (χ1n) is 5.72. The number of hydrogen-bond acceptors (Lipinski definition) is 7. The highest BCUT2D eigenvalue weighted by atomic mass is 19.4. The zero-order chi connectivity index (χ0) is 16.0. The molecule has 0 radical (unpaired) electrons. The van der Waals surface area contributed by atoms with E-state index in [0.29, 0.717) is 6.20 Å². The van der Waals surface area contributed by atoms with Crippen molar-refractivity contribution in [3.63, 3.8) is 0 Å². The molecule has 1 saturated heterocycles. The van der Waals surface area contributed by atoms with Gasteiger partial charge in [0, 0.05) is 6.20 Å². The summed E-state index contributed by atoms with van der Waals surface area (Å²) < 4.78 is 44.9. The predicted molar refractivity (Wildman–Crippen MR) is 60.9 cm³/mol. The number of anilines is 1. The van der Waals surface area contributed by atoms with Gasteiger partial charge >= 0.3 is 11.9 Å². The Morgan fingerprint density at radius 2 is 2.10 bits per heavy atom. The molecule has 118 valence electrons. The molecule has 1 aromatic heterocycles. The fourth-order valence-electron chi connectivity index (χ4n) is 2.19. The van der Waals surface area contributed by atoms with Gasteiger partial charge in [0.25, 0.3) is 5.72 Å². The van der Waals surface area contributed by atoms with E-state index < -0.39 is 42.5 Å². The summed E-state index contributed by atoms with van der Waals surface area (Å²) in [6.45, 7) is -0.979. The maximum atomic E-state index is 13.4. The van der Waals surface area contributed by atoms with Gasteiger partial charge in [-0.2, -0.15) is 18.2 Å². The topological polar surface area (TPSA) is 131 Å². The van der Waals surface area contributed by atoms with Gasteiger partial charge < -0.3 is 25.8 Å². The zero-order valence-electron chi connectivity index (χ0n) is 10.4. The standard InChI is InChI=1S/C10H12F3N3O5/c11-10(12,13)9(7(19)6(18)4(3-17)21-9)16-2-1-5(14)15-8(16)20/h1-2,4,6-7,17-19H,3H2,(H2,14,15,20)/t4-,6-,7-,9+/m1/s1. The minimum atomic E-state index is -5.26. The summed E-state index contributed by atoms with van der Waals surface area (Å²) in [7, 11) is 0. The van der Waals surface area contributed by atoms with E-state index in [9.17, 15) is 28.2 Å². The molecule has 0 spiro atoms. The van der Waals surface area contributed by atoms with Crippen molar-refractivity contribution in [3.8, 4) is 0 Å². The second kappa shape index (κ2) is 4.94. The third kappa shape index (κ3) is 2.18. The fourth-order valence-corrected chi connectivity index (χ4v) is 2.19. The molecule has 11 heteroatoms. The van der Waals surface area contributed by atoms with Crippen LogP contribution in [0.3, 0.4) is 0 Å². The molecule has 1 aliphatic heterocycles. The Hall–Kier alpha value is -1.69. The third-order valence-electron chi connectivity index (χ3n) is 3.21. The number of halogens is 3. The smallest absolute Gasteiger partial charge is 0.394 e. The van der Waals surface area contributed by atoms with Crippen LogP contribution in [0.25, 0.3) is 0 Å². The Morgan fingerprint density at radius 1 is 1.48 bits per heavy atom. The lowest BCUT2D eigenvalue weighted by Gasteiger charge is -2.35. The average molecular weight is 311 g/mol. The third-order valence-corrected chi connectivity index (χ3v) is 3.21. The minimum Gasteiger partial charge on any atom is -0.394 e. The van der Waals surface area contributed by atoms with Gasteiger partial charge in [0.15, 0.2) is 0 Å². The monoisotopic (exact) mass is 311 g/mol. The number of nitrogens with two attached hydrogens (primary N) is 1. The van der Waals surface area contributed by atoms with E-state index in [1.165, 1.54) is 0 Å². The van der Waals surface area contributed by atoms with Crippen molar-refractivity contribution in [2.75, 3.05) is 12.3 Å². The van der Waals surface area contributed by atoms with Crippen LogP contribution in [0.1, 0.15) is 0 Å². The highest BCUT2D eigenvalue weighted by Crippen LogP contribution is 2.46. The van der Waals surface area contributed by atoms with Crippen LogP contribution in [0.5, 0.6) is 0 Å². The summed E-state index contributed by atoms with van der Waals surface area (Å²) in [5.74, 6) is -0.319. The molecule has 1 aromatic rings. The lowest BCUT2D eigenvalue weighted by molar-refractivity contribution is -0.333. The van der Waals surface area contributed by atoms with Crippen LogP contribution in [-0.2, 0) is 10.5 Å². The normalized spacial score (nSPS) is 33.3. The summed E-state index contributed by atoms with van der Waals surface area (Å²) in [4.78, 5) is 14.8. The van der Waals surface area contributed by atoms with E-state index in [1.807, 2.05) is 0 Å². The summed E-state index contributed by atoms with van der Waals surface area (Å²) in [5, 5.41) is 28.3. The van der Waals surface area contributed by atoms with Crippen molar-refractivity contribution in [2.45, 2.75) is 30.2 Å². The van der Waals surface area contributed by atoms with Crippen LogP contribution in [0.4, 0.5) is 19.0 Å². The van der Waals surface area contributed by atoms with Gasteiger partial charge in [-0.05, 0) is 6.07 Å². The minimum absolute atomic E-state index is 0.00704. The number of ether oxygens (including phenoxy) is 1. The number of aliphatic hydroxyl groups is 3. The van der Waals surface area contributed by atoms with Crippen molar-refractivity contribution >= 4 is 5.82 Å². The zero-order valence-corrected chi connectivity index (χ0v) is 10.4. The van der Waals surface area contributed by atoms with Crippen molar-refractivity contribution in [1.82, 2.24) is 9.55 Å².